The van der Waals surface area contributed by atoms with E-state index < -0.39 is 0 Å². The Hall–Kier alpha value is -4.37. The number of ether oxygens (including phenoxy) is 2. The molecule has 0 aliphatic heterocycles. The number of nitrogens with zero attached hydrogens (tertiary/aromatic N) is 1. The van der Waals surface area contributed by atoms with Gasteiger partial charge in [-0.1, -0.05) is 95.1 Å². The summed E-state index contributed by atoms with van der Waals surface area (Å²) in [4.78, 5) is 5.69. The number of aromatic nitrogens is 1. The minimum atomic E-state index is -0.00993. The molecular formula is C61H73NO2. The van der Waals surface area contributed by atoms with Gasteiger partial charge in [0.15, 0.2) is 0 Å². The second-order valence-electron chi connectivity index (χ2n) is 24.4. The molecule has 0 amide bonds. The molecule has 8 aliphatic rings. The fraction of sp³-hybridized carbons (Fsp3) is 0.525. The van der Waals surface area contributed by atoms with Gasteiger partial charge in [0.05, 0.1) is 25.6 Å². The van der Waals surface area contributed by atoms with Gasteiger partial charge in [0.1, 0.15) is 11.5 Å². The first-order valence-electron chi connectivity index (χ1n) is 25.2. The molecule has 3 heteroatoms. The molecule has 0 saturated heterocycles. The Morgan fingerprint density at radius 2 is 0.938 bits per heavy atom. The predicted octanol–water partition coefficient (Wildman–Crippen LogP) is 16.0. The lowest BCUT2D eigenvalue weighted by molar-refractivity contribution is -0.00618. The average Bonchev–Trinajstić information content (AvgIpc) is 3.24. The van der Waals surface area contributed by atoms with E-state index in [4.69, 9.17) is 14.5 Å². The highest BCUT2D eigenvalue weighted by molar-refractivity contribution is 5.90. The summed E-state index contributed by atoms with van der Waals surface area (Å²) in [5, 5.41) is 0. The zero-order valence-electron chi connectivity index (χ0n) is 40.7. The molecule has 1 aromatic heterocycles. The Morgan fingerprint density at radius 3 is 1.41 bits per heavy atom. The van der Waals surface area contributed by atoms with Crippen LogP contribution in [-0.4, -0.2) is 19.2 Å². The molecule has 3 nitrogen and oxygen atoms in total. The van der Waals surface area contributed by atoms with E-state index in [1.165, 1.54) is 126 Å². The van der Waals surface area contributed by atoms with Crippen molar-refractivity contribution in [3.8, 4) is 56.3 Å². The highest BCUT2D eigenvalue weighted by Crippen LogP contribution is 2.64. The summed E-state index contributed by atoms with van der Waals surface area (Å²) in [6.45, 7) is 18.7. The number of hydrogen-bond acceptors (Lipinski definition) is 3. The van der Waals surface area contributed by atoms with Gasteiger partial charge in [0, 0.05) is 27.8 Å². The van der Waals surface area contributed by atoms with Crippen LogP contribution in [0.25, 0.3) is 44.8 Å². The van der Waals surface area contributed by atoms with Crippen LogP contribution < -0.4 is 9.47 Å². The van der Waals surface area contributed by atoms with Crippen LogP contribution in [-0.2, 0) is 16.2 Å². The van der Waals surface area contributed by atoms with Crippen molar-refractivity contribution >= 4 is 0 Å². The molecule has 8 bridgehead atoms. The molecule has 0 N–H and O–H groups in total. The Morgan fingerprint density at radius 1 is 0.484 bits per heavy atom. The normalized spacial score (nSPS) is 29.1. The van der Waals surface area contributed by atoms with Gasteiger partial charge in [-0.3, -0.25) is 0 Å². The molecule has 8 saturated carbocycles. The van der Waals surface area contributed by atoms with Crippen LogP contribution in [0, 0.1) is 55.3 Å². The van der Waals surface area contributed by atoms with Crippen LogP contribution in [0.5, 0.6) is 11.5 Å². The number of benzene rings is 4. The Kier molecular flexibility index (Phi) is 10.1. The average molecular weight is 852 g/mol. The van der Waals surface area contributed by atoms with Crippen molar-refractivity contribution in [2.24, 2.45) is 41.4 Å². The van der Waals surface area contributed by atoms with Gasteiger partial charge in [-0.15, -0.1) is 0 Å². The van der Waals surface area contributed by atoms with Crippen LogP contribution in [0.15, 0.2) is 78.9 Å². The molecule has 0 spiro atoms. The molecule has 4 aromatic carbocycles. The first-order valence-corrected chi connectivity index (χ1v) is 25.2. The van der Waals surface area contributed by atoms with Crippen molar-refractivity contribution in [2.75, 3.05) is 14.2 Å². The van der Waals surface area contributed by atoms with Gasteiger partial charge in [0.2, 0.25) is 0 Å². The minimum Gasteiger partial charge on any atom is -0.496 e. The summed E-state index contributed by atoms with van der Waals surface area (Å²) in [6, 6.07) is 30.7. The van der Waals surface area contributed by atoms with E-state index in [9.17, 15) is 0 Å². The number of aryl methyl sites for hydroxylation is 2. The lowest BCUT2D eigenvalue weighted by Gasteiger charge is -2.57. The third kappa shape index (κ3) is 7.16. The fourth-order valence-electron chi connectivity index (χ4n) is 15.5. The van der Waals surface area contributed by atoms with E-state index in [0.29, 0.717) is 5.92 Å². The molecule has 8 fully saturated rings. The Balaban J connectivity index is 1.06. The zero-order chi connectivity index (χ0) is 44.4. The number of hydrogen-bond donors (Lipinski definition) is 0. The highest BCUT2D eigenvalue weighted by Gasteiger charge is 2.53. The van der Waals surface area contributed by atoms with Gasteiger partial charge < -0.3 is 9.47 Å². The third-order valence-corrected chi connectivity index (χ3v) is 17.8. The summed E-state index contributed by atoms with van der Waals surface area (Å²) in [5.74, 6) is 8.67. The Labute approximate surface area is 385 Å². The van der Waals surface area contributed by atoms with E-state index >= 15 is 0 Å². The molecule has 0 unspecified atom stereocenters. The molecular weight excluding hydrogens is 779 g/mol. The quantitative estimate of drug-likeness (QED) is 0.156. The summed E-state index contributed by atoms with van der Waals surface area (Å²) in [7, 11) is 3.84. The maximum absolute atomic E-state index is 6.69. The van der Waals surface area contributed by atoms with E-state index in [0.717, 1.165) is 75.4 Å². The molecule has 1 heterocycles. The fourth-order valence-corrected chi connectivity index (χ4v) is 15.5. The monoisotopic (exact) mass is 852 g/mol. The second-order valence-corrected chi connectivity index (χ2v) is 24.4. The van der Waals surface area contributed by atoms with Crippen molar-refractivity contribution in [1.29, 1.82) is 0 Å². The third-order valence-electron chi connectivity index (χ3n) is 17.8. The van der Waals surface area contributed by atoms with Gasteiger partial charge in [-0.05, 0) is 212 Å². The van der Waals surface area contributed by atoms with Crippen molar-refractivity contribution in [3.05, 3.63) is 112 Å². The van der Waals surface area contributed by atoms with Crippen molar-refractivity contribution in [2.45, 2.75) is 148 Å². The summed E-state index contributed by atoms with van der Waals surface area (Å²) in [5.41, 5.74) is 17.5. The SMILES string of the molecule is COc1c(-c2ccc(C)cc2-c2cccc(-c3cc(C)ccc3-c3cc(C(C)(C)C)cc(C45CC6CC(CC(C6)C4)C5)c3OC)n2)cc(C(C)(C)C)cc1C1C2CC3CC(C2)CC1C3. The van der Waals surface area contributed by atoms with Gasteiger partial charge in [-0.25, -0.2) is 4.98 Å². The number of methoxy groups -OCH3 is 2. The summed E-state index contributed by atoms with van der Waals surface area (Å²) < 4.78 is 13.3. The lowest BCUT2D eigenvalue weighted by Crippen LogP contribution is -2.48. The number of pyridine rings is 1. The van der Waals surface area contributed by atoms with Crippen LogP contribution in [0.1, 0.15) is 151 Å². The predicted molar refractivity (Wildman–Crippen MR) is 266 cm³/mol. The molecule has 64 heavy (non-hydrogen) atoms. The molecule has 334 valence electrons. The second kappa shape index (κ2) is 15.4. The molecule has 0 radical (unpaired) electrons. The van der Waals surface area contributed by atoms with Crippen LogP contribution in [0.2, 0.25) is 0 Å². The molecule has 8 aliphatic carbocycles. The summed E-state index contributed by atoms with van der Waals surface area (Å²) >= 11 is 0. The van der Waals surface area contributed by atoms with Gasteiger partial charge in [-0.2, -0.15) is 0 Å². The van der Waals surface area contributed by atoms with E-state index in [1.54, 1.807) is 0 Å². The number of rotatable bonds is 8. The zero-order valence-corrected chi connectivity index (χ0v) is 40.7. The molecule has 5 aromatic rings. The molecule has 0 atom stereocenters. The van der Waals surface area contributed by atoms with Crippen molar-refractivity contribution in [1.82, 2.24) is 4.98 Å². The lowest BCUT2D eigenvalue weighted by atomic mass is 9.47. The maximum atomic E-state index is 6.69. The minimum absolute atomic E-state index is 0.00676. The first kappa shape index (κ1) is 42.3. The van der Waals surface area contributed by atoms with E-state index in [-0.39, 0.29) is 16.2 Å². The summed E-state index contributed by atoms with van der Waals surface area (Å²) in [6.07, 6.45) is 15.2. The van der Waals surface area contributed by atoms with Crippen LogP contribution in [0.3, 0.4) is 0 Å². The van der Waals surface area contributed by atoms with Crippen LogP contribution in [0.4, 0.5) is 0 Å². The van der Waals surface area contributed by atoms with Crippen molar-refractivity contribution in [3.63, 3.8) is 0 Å². The standard InChI is InChI=1S/C61H73NO2/c1-35-14-16-46(50-28-44(59(3,4)5)30-52(57(50)63-9)56-42-24-37-20-38(26-42)27-43(56)25-37)48(18-35)54-12-11-13-55(62-54)49-19-36(2)15-17-47(49)51-29-45(60(6,7)8)31-53(58(51)64-10)61-32-39-21-40(33-61)23-41(22-39)34-61/h11-19,28-31,37-43,56H,20-27,32-34H2,1-10H3. The highest BCUT2D eigenvalue weighted by atomic mass is 16.5. The van der Waals surface area contributed by atoms with Gasteiger partial charge >= 0.3 is 0 Å². The maximum Gasteiger partial charge on any atom is 0.130 e. The first-order chi connectivity index (χ1) is 30.6. The van der Waals surface area contributed by atoms with Gasteiger partial charge in [0.25, 0.3) is 0 Å². The largest absolute Gasteiger partial charge is 0.496 e. The van der Waals surface area contributed by atoms with Crippen LogP contribution >= 0.6 is 0 Å². The van der Waals surface area contributed by atoms with E-state index in [1.807, 2.05) is 14.2 Å². The smallest absolute Gasteiger partial charge is 0.130 e. The molecule has 13 rings (SSSR count). The Bertz CT molecular complexity index is 2570. The van der Waals surface area contributed by atoms with Crippen molar-refractivity contribution < 1.29 is 9.47 Å². The topological polar surface area (TPSA) is 31.4 Å². The van der Waals surface area contributed by atoms with E-state index in [2.05, 4.69) is 134 Å².